The molecule has 1 saturated carbocycles. The van der Waals surface area contributed by atoms with Crippen LogP contribution in [-0.4, -0.2) is 138 Å². The lowest BCUT2D eigenvalue weighted by atomic mass is 9.83. The van der Waals surface area contributed by atoms with Gasteiger partial charge in [0, 0.05) is 51.7 Å². The molecular formula is C33H47F2N5O9. The molecule has 2 unspecified atom stereocenters. The Kier molecular flexibility index (Phi) is 13.6. The van der Waals surface area contributed by atoms with E-state index in [1.165, 1.54) is 24.6 Å². The summed E-state index contributed by atoms with van der Waals surface area (Å²) in [7, 11) is 2.87. The van der Waals surface area contributed by atoms with Crippen molar-refractivity contribution in [2.24, 2.45) is 13.0 Å². The second kappa shape index (κ2) is 17.6. The van der Waals surface area contributed by atoms with Crippen LogP contribution in [-0.2, 0) is 26.1 Å². The Morgan fingerprint density at radius 3 is 2.20 bits per heavy atom. The number of ether oxygens (including phenoxy) is 3. The first kappa shape index (κ1) is 37.8. The van der Waals surface area contributed by atoms with E-state index in [0.29, 0.717) is 0 Å². The number of aromatic nitrogens is 1. The van der Waals surface area contributed by atoms with Gasteiger partial charge in [0.05, 0.1) is 38.6 Å². The fourth-order valence-electron chi connectivity index (χ4n) is 6.27. The summed E-state index contributed by atoms with van der Waals surface area (Å²) in [5.41, 5.74) is 0.448. The summed E-state index contributed by atoms with van der Waals surface area (Å²) in [5, 5.41) is 21.1. The van der Waals surface area contributed by atoms with E-state index in [0.717, 1.165) is 43.1 Å². The summed E-state index contributed by atoms with van der Waals surface area (Å²) in [6.07, 6.45) is 3.18. The quantitative estimate of drug-likeness (QED) is 0.237. The molecule has 49 heavy (non-hydrogen) atoms. The van der Waals surface area contributed by atoms with Crippen molar-refractivity contribution in [3.8, 4) is 5.75 Å². The SMILES string of the molecule is CC(C(=O)NC(C(=O)N1CCN(C(=O)c2cc3c(OCCOCCOCCO)c(F)c(F)cc3n2C)CC1)C1CCCCC1)N(C)C(=O)O. The minimum atomic E-state index is -1.25. The van der Waals surface area contributed by atoms with E-state index in [1.54, 1.807) is 16.8 Å². The van der Waals surface area contributed by atoms with Gasteiger partial charge in [0.2, 0.25) is 17.6 Å². The van der Waals surface area contributed by atoms with Crippen LogP contribution in [0, 0.1) is 17.6 Å². The molecule has 4 rings (SSSR count). The van der Waals surface area contributed by atoms with Crippen LogP contribution in [0.3, 0.4) is 0 Å². The number of carbonyl (C=O) groups excluding carboxylic acids is 3. The van der Waals surface area contributed by atoms with Crippen LogP contribution in [0.1, 0.15) is 49.5 Å². The number of benzene rings is 1. The lowest BCUT2D eigenvalue weighted by molar-refractivity contribution is -0.140. The van der Waals surface area contributed by atoms with Gasteiger partial charge in [-0.1, -0.05) is 19.3 Å². The van der Waals surface area contributed by atoms with Crippen molar-refractivity contribution in [2.45, 2.75) is 51.1 Å². The zero-order valence-electron chi connectivity index (χ0n) is 28.3. The van der Waals surface area contributed by atoms with Gasteiger partial charge in [-0.3, -0.25) is 19.3 Å². The Hall–Kier alpha value is -4.02. The minimum Gasteiger partial charge on any atom is -0.487 e. The molecule has 2 aromatic rings. The zero-order valence-corrected chi connectivity index (χ0v) is 28.3. The molecule has 2 atom stereocenters. The highest BCUT2D eigenvalue weighted by Gasteiger charge is 2.37. The Balaban J connectivity index is 1.42. The summed E-state index contributed by atoms with van der Waals surface area (Å²) in [6, 6.07) is 0.664. The maximum atomic E-state index is 14.9. The van der Waals surface area contributed by atoms with Gasteiger partial charge in [-0.25, -0.2) is 9.18 Å². The van der Waals surface area contributed by atoms with Crippen molar-refractivity contribution >= 4 is 34.7 Å². The number of carboxylic acid groups (broad SMARTS) is 1. The number of nitrogens with one attached hydrogen (secondary N) is 1. The van der Waals surface area contributed by atoms with Crippen LogP contribution < -0.4 is 10.1 Å². The van der Waals surface area contributed by atoms with Gasteiger partial charge in [0.1, 0.15) is 24.4 Å². The van der Waals surface area contributed by atoms with E-state index in [1.807, 2.05) is 0 Å². The van der Waals surface area contributed by atoms with Gasteiger partial charge in [-0.15, -0.1) is 0 Å². The molecule has 4 amide bonds. The molecule has 272 valence electrons. The number of aryl methyl sites for hydroxylation is 1. The van der Waals surface area contributed by atoms with E-state index in [-0.39, 0.29) is 106 Å². The van der Waals surface area contributed by atoms with Crippen molar-refractivity contribution in [1.82, 2.24) is 24.6 Å². The van der Waals surface area contributed by atoms with Crippen LogP contribution in [0.2, 0.25) is 0 Å². The number of halogens is 2. The molecule has 1 saturated heterocycles. The van der Waals surface area contributed by atoms with Gasteiger partial charge in [-0.2, -0.15) is 4.39 Å². The van der Waals surface area contributed by atoms with Gasteiger partial charge in [0.15, 0.2) is 11.6 Å². The topological polar surface area (TPSA) is 163 Å². The Bertz CT molecular complexity index is 1470. The first-order valence-corrected chi connectivity index (χ1v) is 16.7. The first-order valence-electron chi connectivity index (χ1n) is 16.7. The average Bonchev–Trinajstić information content (AvgIpc) is 3.43. The number of aliphatic hydroxyl groups is 1. The number of aliphatic hydroxyl groups excluding tert-OH is 1. The van der Waals surface area contributed by atoms with Gasteiger partial charge < -0.3 is 44.1 Å². The highest BCUT2D eigenvalue weighted by atomic mass is 19.2. The number of hydrogen-bond acceptors (Lipinski definition) is 8. The Morgan fingerprint density at radius 1 is 0.959 bits per heavy atom. The molecule has 1 aliphatic carbocycles. The third-order valence-corrected chi connectivity index (χ3v) is 9.32. The van der Waals surface area contributed by atoms with E-state index >= 15 is 0 Å². The molecule has 0 radical (unpaired) electrons. The van der Waals surface area contributed by atoms with E-state index < -0.39 is 35.7 Å². The summed E-state index contributed by atoms with van der Waals surface area (Å²) < 4.78 is 47.0. The molecule has 1 aromatic carbocycles. The standard InChI is InChI=1S/C33H47F2N5O9/c1-21(37(2)33(45)46)30(42)36-28(22-7-5-4-6-8-22)32(44)40-11-9-39(10-12-40)31(43)26-19-23-25(38(26)3)20-24(34)27(35)29(23)49-18-17-48-16-15-47-14-13-41/h19-22,28,41H,4-18H2,1-3H3,(H,36,42)(H,45,46). The minimum absolute atomic E-state index is 0.0746. The molecule has 2 fully saturated rings. The van der Waals surface area contributed by atoms with Crippen LogP contribution in [0.25, 0.3) is 10.9 Å². The van der Waals surface area contributed by atoms with Crippen LogP contribution in [0.4, 0.5) is 13.6 Å². The van der Waals surface area contributed by atoms with Crippen molar-refractivity contribution in [1.29, 1.82) is 0 Å². The highest BCUT2D eigenvalue weighted by molar-refractivity contribution is 6.00. The monoisotopic (exact) mass is 695 g/mol. The van der Waals surface area contributed by atoms with E-state index in [4.69, 9.17) is 19.3 Å². The predicted molar refractivity (Wildman–Crippen MR) is 173 cm³/mol. The Morgan fingerprint density at radius 2 is 1.57 bits per heavy atom. The molecule has 16 heteroatoms. The number of carbonyl (C=O) groups is 4. The van der Waals surface area contributed by atoms with Crippen LogP contribution in [0.15, 0.2) is 12.1 Å². The second-order valence-corrected chi connectivity index (χ2v) is 12.4. The Labute approximate surface area is 283 Å². The number of amides is 4. The molecule has 3 N–H and O–H groups in total. The molecule has 0 bridgehead atoms. The van der Waals surface area contributed by atoms with Gasteiger partial charge >= 0.3 is 6.09 Å². The van der Waals surface area contributed by atoms with Gasteiger partial charge in [0.25, 0.3) is 5.91 Å². The number of nitrogens with zero attached hydrogens (tertiary/aromatic N) is 4. The highest BCUT2D eigenvalue weighted by Crippen LogP contribution is 2.34. The lowest BCUT2D eigenvalue weighted by Crippen LogP contribution is -2.59. The molecule has 0 spiro atoms. The third kappa shape index (κ3) is 9.16. The number of fused-ring (bicyclic) bond motifs is 1. The van der Waals surface area contributed by atoms with Crippen LogP contribution >= 0.6 is 0 Å². The fraction of sp³-hybridized carbons (Fsp3) is 0.636. The van der Waals surface area contributed by atoms with Crippen molar-refractivity contribution in [3.63, 3.8) is 0 Å². The molecule has 14 nitrogen and oxygen atoms in total. The van der Waals surface area contributed by atoms with E-state index in [9.17, 15) is 33.1 Å². The lowest BCUT2D eigenvalue weighted by Gasteiger charge is -2.39. The summed E-state index contributed by atoms with van der Waals surface area (Å²) >= 11 is 0. The average molecular weight is 696 g/mol. The third-order valence-electron chi connectivity index (χ3n) is 9.32. The number of hydrogen-bond donors (Lipinski definition) is 3. The number of piperazine rings is 1. The summed E-state index contributed by atoms with van der Waals surface area (Å²) in [6.45, 7) is 2.84. The molecule has 2 heterocycles. The second-order valence-electron chi connectivity index (χ2n) is 12.4. The molecule has 2 aliphatic rings. The maximum Gasteiger partial charge on any atom is 0.407 e. The van der Waals surface area contributed by atoms with Gasteiger partial charge in [-0.05, 0) is 31.7 Å². The smallest absolute Gasteiger partial charge is 0.407 e. The van der Waals surface area contributed by atoms with Crippen molar-refractivity contribution in [3.05, 3.63) is 29.5 Å². The zero-order chi connectivity index (χ0) is 35.7. The van der Waals surface area contributed by atoms with Crippen molar-refractivity contribution < 1.29 is 52.4 Å². The first-order chi connectivity index (χ1) is 23.5. The van der Waals surface area contributed by atoms with Crippen LogP contribution in [0.5, 0.6) is 5.75 Å². The number of likely N-dealkylation sites (N-methyl/N-ethyl adjacent to an activating group) is 1. The predicted octanol–water partition coefficient (Wildman–Crippen LogP) is 2.21. The molecule has 1 aliphatic heterocycles. The maximum absolute atomic E-state index is 14.9. The largest absolute Gasteiger partial charge is 0.487 e. The van der Waals surface area contributed by atoms with E-state index in [2.05, 4.69) is 5.32 Å². The fourth-order valence-corrected chi connectivity index (χ4v) is 6.27. The normalized spacial score (nSPS) is 16.8. The summed E-state index contributed by atoms with van der Waals surface area (Å²) in [4.78, 5) is 56.0. The number of rotatable bonds is 15. The van der Waals surface area contributed by atoms with Crippen molar-refractivity contribution in [2.75, 3.05) is 72.9 Å². The summed E-state index contributed by atoms with van der Waals surface area (Å²) in [5.74, 6) is -3.93. The molecular weight excluding hydrogens is 648 g/mol. The molecule has 1 aromatic heterocycles.